The van der Waals surface area contributed by atoms with E-state index in [1.165, 1.54) is 167 Å². The van der Waals surface area contributed by atoms with Crippen LogP contribution >= 0.6 is 15.6 Å². The van der Waals surface area contributed by atoms with Crippen molar-refractivity contribution in [2.45, 2.75) is 394 Å². The molecule has 0 saturated heterocycles. The third-order valence-electron chi connectivity index (χ3n) is 17.5. The summed E-state index contributed by atoms with van der Waals surface area (Å²) >= 11 is 0. The normalized spacial score (nSPS) is 14.2. The second-order valence-corrected chi connectivity index (χ2v) is 31.7. The molecule has 0 rings (SSSR count). The molecule has 97 heavy (non-hydrogen) atoms. The zero-order valence-electron chi connectivity index (χ0n) is 63.0. The lowest BCUT2D eigenvalue weighted by molar-refractivity contribution is -0.161. The van der Waals surface area contributed by atoms with Crippen LogP contribution in [0.25, 0.3) is 0 Å². The predicted octanol–water partition coefficient (Wildman–Crippen LogP) is 22.5. The first kappa shape index (κ1) is 94.5. The summed E-state index contributed by atoms with van der Waals surface area (Å²) in [5.74, 6) is 0.130. The largest absolute Gasteiger partial charge is 0.472 e. The number of aliphatic hydroxyl groups is 1. The van der Waals surface area contributed by atoms with Gasteiger partial charge in [-0.2, -0.15) is 0 Å². The van der Waals surface area contributed by atoms with Crippen LogP contribution in [0.5, 0.6) is 0 Å². The van der Waals surface area contributed by atoms with Gasteiger partial charge in [-0.3, -0.25) is 37.3 Å². The monoisotopic (exact) mass is 1420 g/mol. The van der Waals surface area contributed by atoms with Gasteiger partial charge in [-0.15, -0.1) is 0 Å². The molecule has 0 aromatic rings. The number of phosphoric ester groups is 2. The summed E-state index contributed by atoms with van der Waals surface area (Å²) in [5, 5.41) is 10.6. The summed E-state index contributed by atoms with van der Waals surface area (Å²) in [6.45, 7) is 11.8. The van der Waals surface area contributed by atoms with Gasteiger partial charge in [0.05, 0.1) is 26.4 Å². The van der Waals surface area contributed by atoms with Crippen LogP contribution in [0.1, 0.15) is 376 Å². The van der Waals surface area contributed by atoms with Crippen molar-refractivity contribution in [3.63, 3.8) is 0 Å². The first-order valence-corrected chi connectivity index (χ1v) is 42.7. The van der Waals surface area contributed by atoms with Crippen molar-refractivity contribution >= 4 is 39.5 Å². The average molecular weight is 1420 g/mol. The van der Waals surface area contributed by atoms with Crippen LogP contribution < -0.4 is 0 Å². The minimum absolute atomic E-state index is 0.100. The van der Waals surface area contributed by atoms with Crippen LogP contribution in [0, 0.1) is 17.8 Å². The molecule has 0 saturated carbocycles. The summed E-state index contributed by atoms with van der Waals surface area (Å²) in [7, 11) is -9.93. The molecule has 3 unspecified atom stereocenters. The molecular formula is C78H148O17P2. The van der Waals surface area contributed by atoms with E-state index >= 15 is 0 Å². The molecule has 0 aromatic heterocycles. The number of allylic oxidation sites excluding steroid dienone is 4. The van der Waals surface area contributed by atoms with Crippen molar-refractivity contribution in [2.75, 3.05) is 39.6 Å². The number of rotatable bonds is 74. The highest BCUT2D eigenvalue weighted by molar-refractivity contribution is 7.47. The van der Waals surface area contributed by atoms with Gasteiger partial charge in [0.15, 0.2) is 12.2 Å². The lowest BCUT2D eigenvalue weighted by Crippen LogP contribution is -2.30. The minimum atomic E-state index is -4.97. The molecule has 0 heterocycles. The number of phosphoric acid groups is 2. The van der Waals surface area contributed by atoms with Gasteiger partial charge in [-0.25, -0.2) is 9.13 Å². The summed E-state index contributed by atoms with van der Waals surface area (Å²) in [6.07, 6.45) is 57.7. The topological polar surface area (TPSA) is 237 Å². The molecule has 0 amide bonds. The Hall–Kier alpha value is -2.46. The maximum atomic E-state index is 13.1. The summed E-state index contributed by atoms with van der Waals surface area (Å²) in [4.78, 5) is 72.9. The Kier molecular flexibility index (Phi) is 66.3. The maximum Gasteiger partial charge on any atom is 0.472 e. The molecule has 17 nitrogen and oxygen atoms in total. The van der Waals surface area contributed by atoms with E-state index in [1.54, 1.807) is 0 Å². The van der Waals surface area contributed by atoms with E-state index in [0.29, 0.717) is 25.7 Å². The van der Waals surface area contributed by atoms with Gasteiger partial charge in [0.1, 0.15) is 19.3 Å². The van der Waals surface area contributed by atoms with E-state index in [2.05, 4.69) is 72.8 Å². The van der Waals surface area contributed by atoms with Crippen molar-refractivity contribution in [1.82, 2.24) is 0 Å². The van der Waals surface area contributed by atoms with Gasteiger partial charge in [0, 0.05) is 25.7 Å². The van der Waals surface area contributed by atoms with Gasteiger partial charge in [0.25, 0.3) is 0 Å². The quantitative estimate of drug-likeness (QED) is 0.0169. The van der Waals surface area contributed by atoms with E-state index in [0.717, 1.165) is 127 Å². The first-order chi connectivity index (χ1) is 46.7. The zero-order valence-corrected chi connectivity index (χ0v) is 64.8. The van der Waals surface area contributed by atoms with Crippen molar-refractivity contribution in [3.8, 4) is 0 Å². The highest BCUT2D eigenvalue weighted by Crippen LogP contribution is 2.45. The van der Waals surface area contributed by atoms with Crippen LogP contribution in [-0.2, 0) is 65.4 Å². The molecule has 0 spiro atoms. The van der Waals surface area contributed by atoms with Gasteiger partial charge < -0.3 is 33.8 Å². The fourth-order valence-corrected chi connectivity index (χ4v) is 13.0. The Labute approximate surface area is 592 Å². The second kappa shape index (κ2) is 68.0. The number of aliphatic hydroxyl groups excluding tert-OH is 1. The summed E-state index contributed by atoms with van der Waals surface area (Å²) < 4.78 is 68.6. The Morgan fingerprint density at radius 1 is 0.320 bits per heavy atom. The molecule has 0 aromatic carbocycles. The van der Waals surface area contributed by atoms with Crippen LogP contribution in [0.2, 0.25) is 0 Å². The van der Waals surface area contributed by atoms with Crippen molar-refractivity contribution in [1.29, 1.82) is 0 Å². The molecule has 0 fully saturated rings. The van der Waals surface area contributed by atoms with E-state index < -0.39 is 97.5 Å². The average Bonchev–Trinajstić information content (AvgIpc) is 1.08. The van der Waals surface area contributed by atoms with Gasteiger partial charge in [-0.05, 0) is 69.1 Å². The van der Waals surface area contributed by atoms with Crippen molar-refractivity contribution < 1.29 is 80.2 Å². The fourth-order valence-electron chi connectivity index (χ4n) is 11.4. The molecule has 0 aliphatic heterocycles. The summed E-state index contributed by atoms with van der Waals surface area (Å²) in [5.41, 5.74) is 0. The zero-order chi connectivity index (χ0) is 71.6. The van der Waals surface area contributed by atoms with Crippen LogP contribution in [-0.4, -0.2) is 96.7 Å². The lowest BCUT2D eigenvalue weighted by atomic mass is 10.0. The Morgan fingerprint density at radius 2 is 0.557 bits per heavy atom. The third-order valence-corrected chi connectivity index (χ3v) is 19.4. The van der Waals surface area contributed by atoms with E-state index in [9.17, 15) is 43.2 Å². The SMILES string of the molecule is CCCCCC/C=C\C=C/CCCCCCCC(=O)OC[C@H](COP(=O)(O)OCC(O)COP(=O)(O)OC[C@@H](COC(=O)CCCCCCCCCCC(C)C)OC(=O)CCCCCCCCCCCCC(C)C)OC(=O)CCCCCCCCCCCCCCCCCC(C)C. The molecule has 0 aliphatic carbocycles. The molecule has 572 valence electrons. The fraction of sp³-hybridized carbons (Fsp3) is 0.897. The first-order valence-electron chi connectivity index (χ1n) is 39.7. The second-order valence-electron chi connectivity index (χ2n) is 28.8. The number of unbranched alkanes of at least 4 members (excludes halogenated alkanes) is 39. The van der Waals surface area contributed by atoms with Gasteiger partial charge >= 0.3 is 39.5 Å². The molecule has 0 bridgehead atoms. The molecule has 3 N–H and O–H groups in total. The maximum absolute atomic E-state index is 13.1. The third kappa shape index (κ3) is 71.7. The van der Waals surface area contributed by atoms with Crippen LogP contribution in [0.3, 0.4) is 0 Å². The molecule has 5 atom stereocenters. The summed E-state index contributed by atoms with van der Waals surface area (Å²) in [6, 6.07) is 0. The number of carbonyl (C=O) groups is 4. The Bertz CT molecular complexity index is 1980. The van der Waals surface area contributed by atoms with E-state index in [-0.39, 0.29) is 25.7 Å². The molecule has 19 heteroatoms. The number of carbonyl (C=O) groups excluding carboxylic acids is 4. The van der Waals surface area contributed by atoms with Crippen molar-refractivity contribution in [2.24, 2.45) is 17.8 Å². The number of esters is 4. The molecule has 0 radical (unpaired) electrons. The molecular weight excluding hydrogens is 1270 g/mol. The minimum Gasteiger partial charge on any atom is -0.462 e. The number of hydrogen-bond donors (Lipinski definition) is 3. The van der Waals surface area contributed by atoms with Crippen molar-refractivity contribution in [3.05, 3.63) is 24.3 Å². The van der Waals surface area contributed by atoms with E-state index in [4.69, 9.17) is 37.0 Å². The van der Waals surface area contributed by atoms with Crippen LogP contribution in [0.4, 0.5) is 0 Å². The number of hydrogen-bond acceptors (Lipinski definition) is 15. The Balaban J connectivity index is 5.29. The number of ether oxygens (including phenoxy) is 4. The predicted molar refractivity (Wildman–Crippen MR) is 395 cm³/mol. The lowest BCUT2D eigenvalue weighted by Gasteiger charge is -2.21. The van der Waals surface area contributed by atoms with Crippen LogP contribution in [0.15, 0.2) is 24.3 Å². The highest BCUT2D eigenvalue weighted by atomic mass is 31.2. The Morgan fingerprint density at radius 3 is 0.835 bits per heavy atom. The molecule has 0 aliphatic rings. The van der Waals surface area contributed by atoms with E-state index in [1.807, 2.05) is 0 Å². The standard InChI is InChI=1S/C78H148O17P2/c1-8-9-10-11-12-13-14-15-17-21-24-30-38-45-52-59-75(80)88-65-73(94-77(82)61-54-47-40-31-25-22-19-16-18-20-23-28-35-42-49-56-69(2)3)67-92-96(84,85)90-63-72(79)64-91-97(86,87)93-68-74(66-89-76(81)60-53-46-39-34-33-37-44-51-58-71(6)7)95-78(83)62-55-48-41-32-27-26-29-36-43-50-57-70(4)5/h13-15,17,69-74,79H,8-12,16,18-68H2,1-7H3,(H,84,85)(H,86,87)/b14-13-,17-15-/t72?,73-,74-/m1/s1. The van der Waals surface area contributed by atoms with Gasteiger partial charge in [-0.1, -0.05) is 323 Å². The van der Waals surface area contributed by atoms with Gasteiger partial charge in [0.2, 0.25) is 0 Å². The highest BCUT2D eigenvalue weighted by Gasteiger charge is 2.30. The smallest absolute Gasteiger partial charge is 0.462 e.